The quantitative estimate of drug-likeness (QED) is 0.441. The summed E-state index contributed by atoms with van der Waals surface area (Å²) < 4.78 is 1.69. The lowest BCUT2D eigenvalue weighted by molar-refractivity contribution is -0.147. The van der Waals surface area contributed by atoms with Gasteiger partial charge in [-0.3, -0.25) is 9.69 Å². The van der Waals surface area contributed by atoms with Gasteiger partial charge in [0.25, 0.3) is 0 Å². The van der Waals surface area contributed by atoms with E-state index in [-0.39, 0.29) is 17.0 Å². The molecule has 0 saturated carbocycles. The second kappa shape index (κ2) is 7.32. The Morgan fingerprint density at radius 3 is 2.96 bits per heavy atom. The summed E-state index contributed by atoms with van der Waals surface area (Å²) in [6, 6.07) is -0.619. The normalized spacial score (nSPS) is 23.0. The molecule has 10 nitrogen and oxygen atoms in total. The number of thioether (sulfide) groups is 2. The molecule has 25 heavy (non-hydrogen) atoms. The molecular formula is C13H19N7O3S2. The number of nitrogens with zero attached hydrogens (tertiary/aromatic N) is 6. The van der Waals surface area contributed by atoms with E-state index in [0.29, 0.717) is 28.8 Å². The Kier molecular flexibility index (Phi) is 5.32. The number of tetrazole rings is 1. The molecule has 0 unspecified atom stereocenters. The van der Waals surface area contributed by atoms with E-state index in [0.717, 1.165) is 6.54 Å². The molecule has 3 heterocycles. The number of nitrogens with two attached hydrogens (primary N) is 1. The monoisotopic (exact) mass is 385 g/mol. The SMILES string of the molecule is CN(C)CCn1nnnc1SCC1=C(C(=O)O)N2C(=O)[C@@H](N)[C@@H]2SC1. The average Bonchev–Trinajstić information content (AvgIpc) is 3.03. The van der Waals surface area contributed by atoms with Gasteiger partial charge in [0.15, 0.2) is 0 Å². The average molecular weight is 385 g/mol. The van der Waals surface area contributed by atoms with Gasteiger partial charge >= 0.3 is 5.97 Å². The van der Waals surface area contributed by atoms with Crippen molar-refractivity contribution in [3.8, 4) is 0 Å². The maximum absolute atomic E-state index is 11.9. The molecule has 3 rings (SSSR count). The molecular weight excluding hydrogens is 366 g/mol. The number of carboxylic acid groups (broad SMARTS) is 1. The predicted molar refractivity (Wildman–Crippen MR) is 92.8 cm³/mol. The number of β-lactam (4-membered cyclic amide) rings is 1. The Balaban J connectivity index is 1.73. The summed E-state index contributed by atoms with van der Waals surface area (Å²) in [5, 5.41) is 21.5. The minimum Gasteiger partial charge on any atom is -0.477 e. The summed E-state index contributed by atoms with van der Waals surface area (Å²) in [4.78, 5) is 26.9. The van der Waals surface area contributed by atoms with Gasteiger partial charge in [-0.05, 0) is 30.1 Å². The third kappa shape index (κ3) is 3.52. The highest BCUT2D eigenvalue weighted by Gasteiger charge is 2.51. The molecule has 1 aromatic heterocycles. The number of aromatic nitrogens is 4. The fraction of sp³-hybridized carbons (Fsp3) is 0.615. The van der Waals surface area contributed by atoms with Crippen LogP contribution in [0.15, 0.2) is 16.4 Å². The summed E-state index contributed by atoms with van der Waals surface area (Å²) in [5.41, 5.74) is 6.48. The Morgan fingerprint density at radius 1 is 1.52 bits per heavy atom. The van der Waals surface area contributed by atoms with E-state index < -0.39 is 12.0 Å². The summed E-state index contributed by atoms with van der Waals surface area (Å²) in [6.07, 6.45) is 0. The lowest BCUT2D eigenvalue weighted by Crippen LogP contribution is -2.68. The molecule has 136 valence electrons. The van der Waals surface area contributed by atoms with Crippen molar-refractivity contribution in [3.05, 3.63) is 11.3 Å². The molecule has 0 spiro atoms. The van der Waals surface area contributed by atoms with Crippen LogP contribution in [0.2, 0.25) is 0 Å². The lowest BCUT2D eigenvalue weighted by Gasteiger charge is -2.48. The zero-order valence-corrected chi connectivity index (χ0v) is 15.5. The predicted octanol–water partition coefficient (Wildman–Crippen LogP) is -1.09. The van der Waals surface area contributed by atoms with Crippen LogP contribution in [0.1, 0.15) is 0 Å². The molecule has 0 radical (unpaired) electrons. The molecule has 1 amide bonds. The zero-order chi connectivity index (χ0) is 18.1. The fourth-order valence-corrected chi connectivity index (χ4v) is 4.91. The number of hydrogen-bond acceptors (Lipinski definition) is 9. The van der Waals surface area contributed by atoms with E-state index in [1.165, 1.54) is 28.4 Å². The minimum atomic E-state index is -1.10. The van der Waals surface area contributed by atoms with E-state index in [2.05, 4.69) is 15.5 Å². The first-order valence-corrected chi connectivity index (χ1v) is 9.63. The van der Waals surface area contributed by atoms with Gasteiger partial charge in [-0.25, -0.2) is 9.48 Å². The smallest absolute Gasteiger partial charge is 0.352 e. The van der Waals surface area contributed by atoms with Gasteiger partial charge in [-0.15, -0.1) is 16.9 Å². The van der Waals surface area contributed by atoms with Crippen LogP contribution in [0.3, 0.4) is 0 Å². The number of rotatable bonds is 7. The third-order valence-electron chi connectivity index (χ3n) is 3.92. The van der Waals surface area contributed by atoms with Crippen molar-refractivity contribution < 1.29 is 14.7 Å². The second-order valence-corrected chi connectivity index (χ2v) is 8.02. The third-order valence-corrected chi connectivity index (χ3v) is 6.33. The largest absolute Gasteiger partial charge is 0.477 e. The molecule has 0 bridgehead atoms. The first-order valence-electron chi connectivity index (χ1n) is 7.59. The van der Waals surface area contributed by atoms with Crippen LogP contribution >= 0.6 is 23.5 Å². The number of carbonyl (C=O) groups is 2. The molecule has 1 saturated heterocycles. The van der Waals surface area contributed by atoms with Crippen LogP contribution < -0.4 is 5.73 Å². The molecule has 3 N–H and O–H groups in total. The van der Waals surface area contributed by atoms with E-state index in [1.807, 2.05) is 19.0 Å². The van der Waals surface area contributed by atoms with Crippen molar-refractivity contribution in [2.45, 2.75) is 23.1 Å². The Labute approximate surface area is 152 Å². The van der Waals surface area contributed by atoms with Gasteiger partial charge in [0.1, 0.15) is 17.1 Å². The number of likely N-dealkylation sites (N-methyl/N-ethyl adjacent to an activating group) is 1. The topological polar surface area (TPSA) is 130 Å². The molecule has 2 atom stereocenters. The number of fused-ring (bicyclic) bond motifs is 1. The summed E-state index contributed by atoms with van der Waals surface area (Å²) in [6.45, 7) is 1.43. The van der Waals surface area contributed by atoms with Gasteiger partial charge in [0, 0.05) is 18.1 Å². The van der Waals surface area contributed by atoms with Crippen molar-refractivity contribution in [2.24, 2.45) is 5.73 Å². The van der Waals surface area contributed by atoms with Crippen molar-refractivity contribution in [3.63, 3.8) is 0 Å². The van der Waals surface area contributed by atoms with Crippen molar-refractivity contribution >= 4 is 35.4 Å². The highest BCUT2D eigenvalue weighted by molar-refractivity contribution is 8.01. The van der Waals surface area contributed by atoms with E-state index in [9.17, 15) is 14.7 Å². The summed E-state index contributed by atoms with van der Waals surface area (Å²) >= 11 is 2.86. The van der Waals surface area contributed by atoms with Gasteiger partial charge < -0.3 is 15.7 Å². The molecule has 1 aromatic rings. The molecule has 2 aliphatic heterocycles. The van der Waals surface area contributed by atoms with Crippen LogP contribution in [0.25, 0.3) is 0 Å². The summed E-state index contributed by atoms with van der Waals surface area (Å²) in [7, 11) is 3.93. The molecule has 12 heteroatoms. The first-order chi connectivity index (χ1) is 11.9. The van der Waals surface area contributed by atoms with Crippen LogP contribution in [0.5, 0.6) is 0 Å². The van der Waals surface area contributed by atoms with Crippen LogP contribution in [-0.2, 0) is 16.1 Å². The number of amides is 1. The molecule has 2 aliphatic rings. The second-order valence-electron chi connectivity index (χ2n) is 5.97. The van der Waals surface area contributed by atoms with Crippen LogP contribution in [-0.4, -0.2) is 90.6 Å². The van der Waals surface area contributed by atoms with E-state index >= 15 is 0 Å². The zero-order valence-electron chi connectivity index (χ0n) is 13.8. The van der Waals surface area contributed by atoms with Crippen molar-refractivity contribution in [2.75, 3.05) is 32.1 Å². The van der Waals surface area contributed by atoms with Gasteiger partial charge in [0.2, 0.25) is 11.1 Å². The van der Waals surface area contributed by atoms with Crippen LogP contribution in [0.4, 0.5) is 0 Å². The standard InChI is InChI=1S/C13H19N7O3S2/c1-18(2)3-4-19-13(15-16-17-19)25-6-7-5-24-11-8(14)10(21)20(11)9(7)12(22)23/h8,11H,3-6,14H2,1-2H3,(H,22,23)/t8-,11+/m1/s1. The number of carbonyl (C=O) groups excluding carboxylic acids is 1. The maximum Gasteiger partial charge on any atom is 0.352 e. The maximum atomic E-state index is 11.9. The first kappa shape index (κ1) is 18.2. The number of aliphatic carboxylic acids is 1. The fourth-order valence-electron chi connectivity index (χ4n) is 2.58. The van der Waals surface area contributed by atoms with Crippen molar-refractivity contribution in [1.82, 2.24) is 30.0 Å². The number of hydrogen-bond donors (Lipinski definition) is 2. The van der Waals surface area contributed by atoms with Gasteiger partial charge in [-0.1, -0.05) is 11.8 Å². The number of carboxylic acids is 1. The molecule has 1 fully saturated rings. The molecule has 0 aromatic carbocycles. The Hall–Kier alpha value is -1.63. The lowest BCUT2D eigenvalue weighted by atomic mass is 10.0. The van der Waals surface area contributed by atoms with Gasteiger partial charge in [0.05, 0.1) is 6.54 Å². The highest BCUT2D eigenvalue weighted by atomic mass is 32.2. The minimum absolute atomic E-state index is 0.0512. The van der Waals surface area contributed by atoms with E-state index in [4.69, 9.17) is 5.73 Å². The molecule has 0 aliphatic carbocycles. The van der Waals surface area contributed by atoms with Gasteiger partial charge in [-0.2, -0.15) is 0 Å². The Morgan fingerprint density at radius 2 is 2.28 bits per heavy atom. The van der Waals surface area contributed by atoms with Crippen LogP contribution in [0, 0.1) is 0 Å². The highest BCUT2D eigenvalue weighted by Crippen LogP contribution is 2.40. The van der Waals surface area contributed by atoms with Crippen molar-refractivity contribution in [1.29, 1.82) is 0 Å². The summed E-state index contributed by atoms with van der Waals surface area (Å²) in [5.74, 6) is -0.514. The van der Waals surface area contributed by atoms with E-state index in [1.54, 1.807) is 4.68 Å². The Bertz CT molecular complexity index is 720.